The van der Waals surface area contributed by atoms with E-state index in [0.29, 0.717) is 19.5 Å². The number of hydrogen-bond acceptors (Lipinski definition) is 6. The van der Waals surface area contributed by atoms with Gasteiger partial charge in [0.2, 0.25) is 23.6 Å². The number of rotatable bonds is 4. The first-order chi connectivity index (χ1) is 24.1. The van der Waals surface area contributed by atoms with Crippen molar-refractivity contribution in [1.29, 1.82) is 0 Å². The quantitative estimate of drug-likeness (QED) is 0.450. The van der Waals surface area contributed by atoms with Crippen molar-refractivity contribution in [2.24, 2.45) is 0 Å². The molecule has 2 fully saturated rings. The molecule has 5 amide bonds. The van der Waals surface area contributed by atoms with Gasteiger partial charge in [-0.1, -0.05) is 42.5 Å². The SMILES string of the molecule is CN1CCC(=O)N2C[C@H](NC(=O)Cc3ccc4ccccc4c3)C[C@H]2COc2ccc(F)cc2C(=O)N(C)[C@H](C(=O)N2CCCC2)CCC1=O. The zero-order chi connectivity index (χ0) is 35.4. The summed E-state index contributed by atoms with van der Waals surface area (Å²) in [6, 6.07) is 15.8. The number of halogens is 1. The summed E-state index contributed by atoms with van der Waals surface area (Å²) in [5, 5.41) is 5.22. The largest absolute Gasteiger partial charge is 0.491 e. The Bertz CT molecular complexity index is 1780. The molecular formula is C38H44FN5O6. The van der Waals surface area contributed by atoms with Gasteiger partial charge in [0.15, 0.2) is 0 Å². The zero-order valence-corrected chi connectivity index (χ0v) is 28.6. The lowest BCUT2D eigenvalue weighted by Crippen LogP contribution is -2.49. The lowest BCUT2D eigenvalue weighted by Gasteiger charge is -2.32. The van der Waals surface area contributed by atoms with Gasteiger partial charge in [-0.2, -0.15) is 0 Å². The van der Waals surface area contributed by atoms with E-state index in [1.165, 1.54) is 29.0 Å². The number of ether oxygens (including phenoxy) is 1. The van der Waals surface area contributed by atoms with Crippen LogP contribution in [0.2, 0.25) is 0 Å². The van der Waals surface area contributed by atoms with Crippen LogP contribution in [0.3, 0.4) is 0 Å². The Hall–Kier alpha value is -5.00. The van der Waals surface area contributed by atoms with Gasteiger partial charge in [-0.3, -0.25) is 24.0 Å². The summed E-state index contributed by atoms with van der Waals surface area (Å²) >= 11 is 0. The number of carbonyl (C=O) groups is 5. The number of fused-ring (bicyclic) bond motifs is 3. The topological polar surface area (TPSA) is 120 Å². The summed E-state index contributed by atoms with van der Waals surface area (Å²) in [5.74, 6) is -2.01. The molecule has 0 aromatic heterocycles. The molecule has 3 aliphatic rings. The first-order valence-electron chi connectivity index (χ1n) is 17.4. The van der Waals surface area contributed by atoms with Crippen molar-refractivity contribution < 1.29 is 33.1 Å². The highest BCUT2D eigenvalue weighted by molar-refractivity contribution is 5.99. The van der Waals surface area contributed by atoms with Gasteiger partial charge in [-0.05, 0) is 60.2 Å². The molecule has 12 heteroatoms. The third kappa shape index (κ3) is 7.90. The molecule has 0 spiro atoms. The third-order valence-corrected chi connectivity index (χ3v) is 10.1. The fourth-order valence-corrected chi connectivity index (χ4v) is 7.22. The van der Waals surface area contributed by atoms with Crippen LogP contribution >= 0.6 is 0 Å². The second-order valence-electron chi connectivity index (χ2n) is 13.6. The summed E-state index contributed by atoms with van der Waals surface area (Å²) < 4.78 is 20.8. The minimum absolute atomic E-state index is 0.0106. The molecule has 6 rings (SSSR count). The van der Waals surface area contributed by atoms with Crippen molar-refractivity contribution in [3.05, 3.63) is 77.6 Å². The number of likely N-dealkylation sites (tertiary alicyclic amines) is 1. The van der Waals surface area contributed by atoms with Crippen molar-refractivity contribution in [3.63, 3.8) is 0 Å². The van der Waals surface area contributed by atoms with E-state index in [1.54, 1.807) is 16.8 Å². The molecule has 0 unspecified atom stereocenters. The molecule has 3 aromatic carbocycles. The molecule has 1 N–H and O–H groups in total. The number of nitrogens with one attached hydrogen (secondary N) is 1. The van der Waals surface area contributed by atoms with Gasteiger partial charge in [0.05, 0.1) is 18.0 Å². The van der Waals surface area contributed by atoms with E-state index in [2.05, 4.69) is 5.32 Å². The predicted molar refractivity (Wildman–Crippen MR) is 185 cm³/mol. The molecule has 0 saturated carbocycles. The molecule has 2 saturated heterocycles. The summed E-state index contributed by atoms with van der Waals surface area (Å²) in [5.41, 5.74) is 0.818. The van der Waals surface area contributed by atoms with Crippen LogP contribution in [0.1, 0.15) is 54.4 Å². The monoisotopic (exact) mass is 685 g/mol. The summed E-state index contributed by atoms with van der Waals surface area (Å²) in [6.07, 6.45) is 2.43. The predicted octanol–water partition coefficient (Wildman–Crippen LogP) is 3.39. The van der Waals surface area contributed by atoms with Gasteiger partial charge in [0, 0.05) is 59.2 Å². The smallest absolute Gasteiger partial charge is 0.258 e. The Morgan fingerprint density at radius 2 is 1.66 bits per heavy atom. The van der Waals surface area contributed by atoms with Crippen molar-refractivity contribution in [2.75, 3.05) is 46.9 Å². The number of likely N-dealkylation sites (N-methyl/N-ethyl adjacent to an activating group) is 1. The molecule has 3 atom stereocenters. The van der Waals surface area contributed by atoms with E-state index in [-0.39, 0.29) is 86.4 Å². The minimum atomic E-state index is -0.937. The van der Waals surface area contributed by atoms with E-state index in [4.69, 9.17) is 4.74 Å². The second kappa shape index (κ2) is 15.3. The number of carbonyl (C=O) groups excluding carboxylic acids is 5. The van der Waals surface area contributed by atoms with E-state index < -0.39 is 23.8 Å². The number of hydrogen-bond donors (Lipinski definition) is 1. The molecule has 264 valence electrons. The molecule has 3 aromatic rings. The highest BCUT2D eigenvalue weighted by Gasteiger charge is 2.38. The van der Waals surface area contributed by atoms with Gasteiger partial charge in [0.25, 0.3) is 5.91 Å². The first-order valence-corrected chi connectivity index (χ1v) is 17.4. The average Bonchev–Trinajstić information content (AvgIpc) is 3.79. The molecule has 0 bridgehead atoms. The first kappa shape index (κ1) is 34.8. The minimum Gasteiger partial charge on any atom is -0.491 e. The molecule has 0 radical (unpaired) electrons. The molecule has 11 nitrogen and oxygen atoms in total. The Labute approximate surface area is 291 Å². The van der Waals surface area contributed by atoms with E-state index in [9.17, 15) is 28.4 Å². The van der Waals surface area contributed by atoms with Gasteiger partial charge in [-0.15, -0.1) is 0 Å². The Balaban J connectivity index is 1.22. The highest BCUT2D eigenvalue weighted by Crippen LogP contribution is 2.27. The molecule has 0 aliphatic carbocycles. The van der Waals surface area contributed by atoms with Crippen LogP contribution in [-0.4, -0.2) is 114 Å². The maximum absolute atomic E-state index is 14.6. The van der Waals surface area contributed by atoms with Crippen LogP contribution in [0.25, 0.3) is 10.8 Å². The second-order valence-corrected chi connectivity index (χ2v) is 13.6. The van der Waals surface area contributed by atoms with Crippen LogP contribution in [0.5, 0.6) is 5.75 Å². The van der Waals surface area contributed by atoms with Crippen LogP contribution < -0.4 is 10.1 Å². The number of amides is 5. The lowest BCUT2D eigenvalue weighted by atomic mass is 10.0. The average molecular weight is 686 g/mol. The summed E-state index contributed by atoms with van der Waals surface area (Å²) in [6.45, 7) is 1.56. The van der Waals surface area contributed by atoms with Gasteiger partial charge in [-0.25, -0.2) is 4.39 Å². The van der Waals surface area contributed by atoms with Crippen LogP contribution in [0.15, 0.2) is 60.7 Å². The fourth-order valence-electron chi connectivity index (χ4n) is 7.22. The Kier molecular flexibility index (Phi) is 10.6. The van der Waals surface area contributed by atoms with E-state index >= 15 is 0 Å². The highest BCUT2D eigenvalue weighted by atomic mass is 19.1. The number of nitrogens with zero attached hydrogens (tertiary/aromatic N) is 4. The normalized spacial score (nSPS) is 22.4. The van der Waals surface area contributed by atoms with Crippen molar-refractivity contribution >= 4 is 40.3 Å². The van der Waals surface area contributed by atoms with Crippen LogP contribution in [0.4, 0.5) is 4.39 Å². The Morgan fingerprint density at radius 1 is 0.900 bits per heavy atom. The molecule has 50 heavy (non-hydrogen) atoms. The molecular weight excluding hydrogens is 641 g/mol. The van der Waals surface area contributed by atoms with E-state index in [0.717, 1.165) is 35.2 Å². The Morgan fingerprint density at radius 3 is 2.44 bits per heavy atom. The van der Waals surface area contributed by atoms with Crippen LogP contribution in [0, 0.1) is 5.82 Å². The van der Waals surface area contributed by atoms with Gasteiger partial charge < -0.3 is 29.7 Å². The molecule has 3 aliphatic heterocycles. The van der Waals surface area contributed by atoms with Gasteiger partial charge >= 0.3 is 0 Å². The number of benzene rings is 3. The summed E-state index contributed by atoms with van der Waals surface area (Å²) in [4.78, 5) is 73.7. The fraction of sp³-hybridized carbons (Fsp3) is 0.447. The van der Waals surface area contributed by atoms with Crippen molar-refractivity contribution in [3.8, 4) is 5.75 Å². The zero-order valence-electron chi connectivity index (χ0n) is 28.6. The van der Waals surface area contributed by atoms with E-state index in [1.807, 2.05) is 42.5 Å². The summed E-state index contributed by atoms with van der Waals surface area (Å²) in [7, 11) is 3.11. The maximum atomic E-state index is 14.6. The van der Waals surface area contributed by atoms with Crippen LogP contribution in [-0.2, 0) is 25.6 Å². The standard InChI is InChI=1S/C38H44FN5O6/c1-41-18-15-36(47)44-23-29(40-34(45)20-25-9-10-26-7-3-4-8-27(26)19-25)22-30(44)24-50-33-13-11-28(39)21-31(33)37(48)42(2)32(12-14-35(41)46)38(49)43-16-5-6-17-43/h3-4,7-11,13,19,21,29-30,32H,5-6,12,14-18,20,22-24H2,1-2H3,(H,40,45)/t29-,30+,32+/m1/s1. The van der Waals surface area contributed by atoms with Crippen molar-refractivity contribution in [1.82, 2.24) is 24.9 Å². The molecule has 3 heterocycles. The lowest BCUT2D eigenvalue weighted by molar-refractivity contribution is -0.136. The van der Waals surface area contributed by atoms with Gasteiger partial charge in [0.1, 0.15) is 24.2 Å². The third-order valence-electron chi connectivity index (χ3n) is 10.1. The van der Waals surface area contributed by atoms with Crippen molar-refractivity contribution in [2.45, 2.75) is 63.1 Å². The maximum Gasteiger partial charge on any atom is 0.258 e.